The van der Waals surface area contributed by atoms with Crippen molar-refractivity contribution in [1.82, 2.24) is 15.2 Å². The summed E-state index contributed by atoms with van der Waals surface area (Å²) in [5.41, 5.74) is 1.76. The molecular weight excluding hydrogens is 362 g/mol. The van der Waals surface area contributed by atoms with E-state index in [9.17, 15) is 9.18 Å². The fourth-order valence-electron chi connectivity index (χ4n) is 1.35. The Morgan fingerprint density at radius 3 is 2.63 bits per heavy atom. The molecule has 0 aliphatic rings. The molecule has 0 saturated carbocycles. The van der Waals surface area contributed by atoms with Gasteiger partial charge in [0.05, 0.1) is 17.0 Å². The minimum atomic E-state index is -0.394. The zero-order chi connectivity index (χ0) is 14.0. The van der Waals surface area contributed by atoms with Crippen molar-refractivity contribution in [2.75, 3.05) is 5.32 Å². The van der Waals surface area contributed by atoms with Crippen LogP contribution in [0.1, 0.15) is 21.7 Å². The SMILES string of the molecule is Cc1nnc(NC(=O)c2ccc(F)cc2I)nc1C. The van der Waals surface area contributed by atoms with Gasteiger partial charge in [-0.3, -0.25) is 10.1 Å². The fourth-order valence-corrected chi connectivity index (χ4v) is 2.07. The molecule has 1 N–H and O–H groups in total. The van der Waals surface area contributed by atoms with Gasteiger partial charge in [0.1, 0.15) is 5.82 Å². The molecule has 98 valence electrons. The Kier molecular flexibility index (Phi) is 4.03. The Hall–Kier alpha value is -1.64. The summed E-state index contributed by atoms with van der Waals surface area (Å²) in [5, 5.41) is 10.2. The number of amides is 1. The normalized spacial score (nSPS) is 10.3. The number of nitrogens with one attached hydrogen (secondary N) is 1. The van der Waals surface area contributed by atoms with Crippen molar-refractivity contribution in [3.63, 3.8) is 0 Å². The lowest BCUT2D eigenvalue weighted by Gasteiger charge is -2.06. The first-order valence-corrected chi connectivity index (χ1v) is 6.49. The number of aryl methyl sites for hydroxylation is 2. The number of halogens is 2. The van der Waals surface area contributed by atoms with E-state index in [1.165, 1.54) is 18.2 Å². The van der Waals surface area contributed by atoms with E-state index < -0.39 is 5.91 Å². The predicted molar refractivity (Wildman–Crippen MR) is 76.4 cm³/mol. The van der Waals surface area contributed by atoms with E-state index in [1.54, 1.807) is 13.8 Å². The van der Waals surface area contributed by atoms with Crippen molar-refractivity contribution >= 4 is 34.4 Å². The largest absolute Gasteiger partial charge is 0.289 e. The van der Waals surface area contributed by atoms with E-state index in [1.807, 2.05) is 22.6 Å². The summed E-state index contributed by atoms with van der Waals surface area (Å²) in [6.45, 7) is 3.56. The highest BCUT2D eigenvalue weighted by molar-refractivity contribution is 14.1. The first kappa shape index (κ1) is 13.8. The molecule has 0 saturated heterocycles. The molecule has 0 fully saturated rings. The Balaban J connectivity index is 2.23. The molecule has 1 amide bonds. The van der Waals surface area contributed by atoms with Crippen LogP contribution in [-0.4, -0.2) is 21.1 Å². The molecule has 0 radical (unpaired) electrons. The molecule has 1 aromatic heterocycles. The predicted octanol–water partition coefficient (Wildman–Crippen LogP) is 2.48. The number of carbonyl (C=O) groups excluding carboxylic acids is 1. The highest BCUT2D eigenvalue weighted by Gasteiger charge is 2.12. The van der Waals surface area contributed by atoms with Gasteiger partial charge < -0.3 is 0 Å². The van der Waals surface area contributed by atoms with E-state index >= 15 is 0 Å². The van der Waals surface area contributed by atoms with Gasteiger partial charge in [-0.15, -0.1) is 5.10 Å². The molecule has 0 spiro atoms. The summed E-state index contributed by atoms with van der Waals surface area (Å²) in [5.74, 6) is -0.646. The van der Waals surface area contributed by atoms with Gasteiger partial charge in [0.2, 0.25) is 5.95 Å². The van der Waals surface area contributed by atoms with Gasteiger partial charge in [-0.1, -0.05) is 0 Å². The van der Waals surface area contributed by atoms with E-state index in [4.69, 9.17) is 0 Å². The number of hydrogen-bond donors (Lipinski definition) is 1. The maximum atomic E-state index is 13.0. The Morgan fingerprint density at radius 2 is 2.00 bits per heavy atom. The molecule has 0 unspecified atom stereocenters. The molecule has 0 atom stereocenters. The zero-order valence-corrected chi connectivity index (χ0v) is 12.4. The highest BCUT2D eigenvalue weighted by atomic mass is 127. The average Bonchev–Trinajstić information content (AvgIpc) is 2.33. The molecule has 0 aliphatic heterocycles. The summed E-state index contributed by atoms with van der Waals surface area (Å²) in [6.07, 6.45) is 0. The van der Waals surface area contributed by atoms with Crippen molar-refractivity contribution < 1.29 is 9.18 Å². The van der Waals surface area contributed by atoms with Crippen LogP contribution in [0.15, 0.2) is 18.2 Å². The Bertz CT molecular complexity index is 648. The molecule has 5 nitrogen and oxygen atoms in total. The first-order chi connectivity index (χ1) is 8.97. The van der Waals surface area contributed by atoms with Gasteiger partial charge in [0.25, 0.3) is 5.91 Å². The van der Waals surface area contributed by atoms with Crippen LogP contribution in [0.2, 0.25) is 0 Å². The van der Waals surface area contributed by atoms with Crippen molar-refractivity contribution in [1.29, 1.82) is 0 Å². The monoisotopic (exact) mass is 372 g/mol. The third-order valence-electron chi connectivity index (χ3n) is 2.49. The van der Waals surface area contributed by atoms with Gasteiger partial charge in [-0.25, -0.2) is 9.37 Å². The maximum Gasteiger partial charge on any atom is 0.259 e. The highest BCUT2D eigenvalue weighted by Crippen LogP contribution is 2.15. The zero-order valence-electron chi connectivity index (χ0n) is 10.2. The van der Waals surface area contributed by atoms with E-state index in [0.29, 0.717) is 20.5 Å². The first-order valence-electron chi connectivity index (χ1n) is 5.41. The van der Waals surface area contributed by atoms with E-state index in [2.05, 4.69) is 20.5 Å². The van der Waals surface area contributed by atoms with Crippen molar-refractivity contribution in [3.05, 3.63) is 44.5 Å². The molecule has 0 aliphatic carbocycles. The van der Waals surface area contributed by atoms with Crippen LogP contribution in [0.25, 0.3) is 0 Å². The Labute approximate surface area is 122 Å². The molecule has 2 rings (SSSR count). The molecular formula is C12H10FIN4O. The van der Waals surface area contributed by atoms with Crippen LogP contribution in [0.5, 0.6) is 0 Å². The number of hydrogen-bond acceptors (Lipinski definition) is 4. The average molecular weight is 372 g/mol. The number of nitrogens with zero attached hydrogens (tertiary/aromatic N) is 3. The van der Waals surface area contributed by atoms with Crippen molar-refractivity contribution in [2.24, 2.45) is 0 Å². The second-order valence-corrected chi connectivity index (χ2v) is 5.05. The van der Waals surface area contributed by atoms with Crippen molar-refractivity contribution in [2.45, 2.75) is 13.8 Å². The molecule has 0 bridgehead atoms. The maximum absolute atomic E-state index is 13.0. The summed E-state index contributed by atoms with van der Waals surface area (Å²) in [7, 11) is 0. The fraction of sp³-hybridized carbons (Fsp3) is 0.167. The summed E-state index contributed by atoms with van der Waals surface area (Å²) in [6, 6.07) is 3.94. The van der Waals surface area contributed by atoms with E-state index in [0.717, 1.165) is 0 Å². The van der Waals surface area contributed by atoms with Gasteiger partial charge in [-0.2, -0.15) is 5.10 Å². The lowest BCUT2D eigenvalue weighted by molar-refractivity contribution is 0.102. The summed E-state index contributed by atoms with van der Waals surface area (Å²) in [4.78, 5) is 16.1. The second-order valence-electron chi connectivity index (χ2n) is 3.88. The van der Waals surface area contributed by atoms with Crippen LogP contribution < -0.4 is 5.32 Å². The molecule has 19 heavy (non-hydrogen) atoms. The molecule has 7 heteroatoms. The van der Waals surface area contributed by atoms with Gasteiger partial charge >= 0.3 is 0 Å². The standard InChI is InChI=1S/C12H10FIN4O/c1-6-7(2)17-18-12(15-6)16-11(19)9-4-3-8(13)5-10(9)14/h3-5H,1-2H3,(H,15,16,18,19). The lowest BCUT2D eigenvalue weighted by Crippen LogP contribution is -2.16. The summed E-state index contributed by atoms with van der Waals surface area (Å²) >= 11 is 1.90. The molecule has 1 aromatic carbocycles. The van der Waals surface area contributed by atoms with Gasteiger partial charge in [-0.05, 0) is 54.6 Å². The smallest absolute Gasteiger partial charge is 0.259 e. The third-order valence-corrected chi connectivity index (χ3v) is 3.39. The van der Waals surface area contributed by atoms with Crippen LogP contribution in [0.3, 0.4) is 0 Å². The number of carbonyl (C=O) groups is 1. The number of rotatable bonds is 2. The second kappa shape index (κ2) is 5.55. The topological polar surface area (TPSA) is 67.8 Å². The lowest BCUT2D eigenvalue weighted by atomic mass is 10.2. The van der Waals surface area contributed by atoms with Crippen LogP contribution >= 0.6 is 22.6 Å². The number of aromatic nitrogens is 3. The summed E-state index contributed by atoms with van der Waals surface area (Å²) < 4.78 is 13.5. The van der Waals surface area contributed by atoms with E-state index in [-0.39, 0.29) is 11.8 Å². The van der Waals surface area contributed by atoms with Crippen molar-refractivity contribution in [3.8, 4) is 0 Å². The number of anilines is 1. The Morgan fingerprint density at radius 1 is 1.26 bits per heavy atom. The third kappa shape index (κ3) is 3.22. The van der Waals surface area contributed by atoms with Crippen LogP contribution in [0.4, 0.5) is 10.3 Å². The molecule has 1 heterocycles. The van der Waals surface area contributed by atoms with Gasteiger partial charge in [0, 0.05) is 3.57 Å². The van der Waals surface area contributed by atoms with Crippen LogP contribution in [0, 0.1) is 23.2 Å². The minimum absolute atomic E-state index is 0.133. The molecule has 2 aromatic rings. The quantitative estimate of drug-likeness (QED) is 0.823. The minimum Gasteiger partial charge on any atom is -0.289 e. The van der Waals surface area contributed by atoms with Crippen LogP contribution in [-0.2, 0) is 0 Å². The van der Waals surface area contributed by atoms with Gasteiger partial charge in [0.15, 0.2) is 0 Å². The number of benzene rings is 1.